The molecule has 1 amide bonds. The molecule has 0 aliphatic rings. The van der Waals surface area contributed by atoms with Gasteiger partial charge in [-0.1, -0.05) is 41.4 Å². The van der Waals surface area contributed by atoms with Crippen molar-refractivity contribution in [3.05, 3.63) is 58.0 Å². The van der Waals surface area contributed by atoms with Crippen LogP contribution >= 0.6 is 23.6 Å². The van der Waals surface area contributed by atoms with Gasteiger partial charge < -0.3 is 9.84 Å². The first-order valence-electron chi connectivity index (χ1n) is 10.5. The second-order valence-electron chi connectivity index (χ2n) is 7.46. The molecule has 0 radical (unpaired) electrons. The van der Waals surface area contributed by atoms with E-state index in [9.17, 15) is 4.79 Å². The van der Waals surface area contributed by atoms with Crippen LogP contribution in [0.3, 0.4) is 0 Å². The predicted octanol–water partition coefficient (Wildman–Crippen LogP) is 4.56. The van der Waals surface area contributed by atoms with Crippen molar-refractivity contribution in [3.63, 3.8) is 0 Å². The Morgan fingerprint density at radius 3 is 2.97 bits per heavy atom. The summed E-state index contributed by atoms with van der Waals surface area (Å²) in [7, 11) is 0. The maximum Gasteiger partial charge on any atom is 0.240 e. The zero-order valence-corrected chi connectivity index (χ0v) is 19.3. The fourth-order valence-electron chi connectivity index (χ4n) is 3.34. The van der Waals surface area contributed by atoms with E-state index in [1.54, 1.807) is 15.9 Å². The summed E-state index contributed by atoms with van der Waals surface area (Å²) in [4.78, 5) is 17.9. The quantitative estimate of drug-likeness (QED) is 0.261. The number of carbonyl (C=O) groups excluding carboxylic acids is 1. The van der Waals surface area contributed by atoms with Gasteiger partial charge in [0, 0.05) is 18.5 Å². The first kappa shape index (κ1) is 22.1. The monoisotopic (exact) mass is 468 g/mol. The van der Waals surface area contributed by atoms with Crippen LogP contribution in [0.15, 0.2) is 46.3 Å². The molecule has 4 rings (SSSR count). The number of aromatic nitrogens is 5. The summed E-state index contributed by atoms with van der Waals surface area (Å²) >= 11 is 6.90. The highest BCUT2D eigenvalue weighted by Gasteiger charge is 2.13. The summed E-state index contributed by atoms with van der Waals surface area (Å²) in [6.07, 6.45) is 3.48. The molecule has 8 nitrogen and oxygen atoms in total. The Balaban J connectivity index is 1.19. The third kappa shape index (κ3) is 5.57. The van der Waals surface area contributed by atoms with Crippen molar-refractivity contribution in [3.8, 4) is 22.1 Å². The average Bonchev–Trinajstić information content (AvgIpc) is 3.53. The van der Waals surface area contributed by atoms with E-state index in [1.165, 1.54) is 0 Å². The molecule has 0 spiro atoms. The van der Waals surface area contributed by atoms with Crippen LogP contribution in [0.5, 0.6) is 0 Å². The van der Waals surface area contributed by atoms with Crippen molar-refractivity contribution in [2.45, 2.75) is 39.2 Å². The fraction of sp³-hybridized carbons (Fsp3) is 0.318. The van der Waals surface area contributed by atoms with Crippen LogP contribution in [0, 0.1) is 11.7 Å². The number of aryl methyl sites for hydroxylation is 2. The summed E-state index contributed by atoms with van der Waals surface area (Å²) in [5, 5.41) is 16.1. The van der Waals surface area contributed by atoms with Crippen molar-refractivity contribution in [2.24, 2.45) is 0 Å². The first-order chi connectivity index (χ1) is 15.6. The Labute approximate surface area is 194 Å². The summed E-state index contributed by atoms with van der Waals surface area (Å²) in [5.74, 6) is 1.87. The van der Waals surface area contributed by atoms with Gasteiger partial charge in [-0.2, -0.15) is 10.1 Å². The lowest BCUT2D eigenvalue weighted by atomic mass is 10.1. The lowest BCUT2D eigenvalue weighted by Crippen LogP contribution is -2.28. The molecular formula is C22H24N6O2S2. The number of H-pyrrole nitrogens is 1. The Kier molecular flexibility index (Phi) is 7.23. The van der Waals surface area contributed by atoms with E-state index >= 15 is 0 Å². The van der Waals surface area contributed by atoms with Crippen molar-refractivity contribution in [1.29, 1.82) is 0 Å². The van der Waals surface area contributed by atoms with Gasteiger partial charge in [0.25, 0.3) is 0 Å². The van der Waals surface area contributed by atoms with E-state index in [0.29, 0.717) is 28.9 Å². The van der Waals surface area contributed by atoms with Gasteiger partial charge in [-0.3, -0.25) is 14.5 Å². The summed E-state index contributed by atoms with van der Waals surface area (Å²) in [6, 6.07) is 11.9. The first-order valence-corrected chi connectivity index (χ1v) is 11.7. The Bertz CT molecular complexity index is 1230. The van der Waals surface area contributed by atoms with Crippen LogP contribution in [0.25, 0.3) is 22.1 Å². The number of unbranched alkanes of at least 4 members (excludes halogenated alkanes) is 2. The van der Waals surface area contributed by atoms with Gasteiger partial charge in [0.15, 0.2) is 10.6 Å². The molecule has 0 atom stereocenters. The number of amides is 1. The second kappa shape index (κ2) is 10.5. The SMILES string of the molecule is Cc1cccc(-c2n[nH]c(=S)n2CC(=O)NCCCCCc2nc(-c3cccs3)no2)c1. The molecule has 0 bridgehead atoms. The molecule has 0 saturated heterocycles. The smallest absolute Gasteiger partial charge is 0.240 e. The number of hydrogen-bond acceptors (Lipinski definition) is 7. The summed E-state index contributed by atoms with van der Waals surface area (Å²) in [6.45, 7) is 2.75. The summed E-state index contributed by atoms with van der Waals surface area (Å²) in [5.41, 5.74) is 2.05. The van der Waals surface area contributed by atoms with E-state index in [-0.39, 0.29) is 12.5 Å². The average molecular weight is 469 g/mol. The standard InChI is InChI=1S/C22H24N6O2S2/c1-15-7-5-8-16(13-15)21-25-26-22(31)28(21)14-18(29)23-11-4-2-3-10-19-24-20(27-30-19)17-9-6-12-32-17/h5-9,12-13H,2-4,10-11,14H2,1H3,(H,23,29)(H,26,31). The molecule has 1 aromatic carbocycles. The highest BCUT2D eigenvalue weighted by Crippen LogP contribution is 2.22. The van der Waals surface area contributed by atoms with Crippen LogP contribution in [-0.2, 0) is 17.8 Å². The number of hydrogen-bond donors (Lipinski definition) is 2. The van der Waals surface area contributed by atoms with Gasteiger partial charge in [-0.05, 0) is 49.5 Å². The largest absolute Gasteiger partial charge is 0.355 e. The van der Waals surface area contributed by atoms with Crippen LogP contribution in [0.4, 0.5) is 0 Å². The van der Waals surface area contributed by atoms with Gasteiger partial charge in [0.2, 0.25) is 17.6 Å². The van der Waals surface area contributed by atoms with Crippen LogP contribution < -0.4 is 5.32 Å². The third-order valence-corrected chi connectivity index (χ3v) is 6.11. The van der Waals surface area contributed by atoms with Gasteiger partial charge >= 0.3 is 0 Å². The molecule has 166 valence electrons. The van der Waals surface area contributed by atoms with E-state index in [0.717, 1.165) is 41.7 Å². The number of rotatable bonds is 10. The van der Waals surface area contributed by atoms with Crippen LogP contribution in [0.2, 0.25) is 0 Å². The molecule has 0 aliphatic heterocycles. The Morgan fingerprint density at radius 2 is 2.16 bits per heavy atom. The van der Waals surface area contributed by atoms with Crippen molar-refractivity contribution < 1.29 is 9.32 Å². The highest BCUT2D eigenvalue weighted by molar-refractivity contribution is 7.71. The molecule has 2 N–H and O–H groups in total. The van der Waals surface area contributed by atoms with Gasteiger partial charge in [-0.15, -0.1) is 11.3 Å². The minimum Gasteiger partial charge on any atom is -0.355 e. The van der Waals surface area contributed by atoms with E-state index in [1.807, 2.05) is 48.7 Å². The van der Waals surface area contributed by atoms with E-state index < -0.39 is 0 Å². The minimum absolute atomic E-state index is 0.0890. The van der Waals surface area contributed by atoms with E-state index in [4.69, 9.17) is 16.7 Å². The molecule has 10 heteroatoms. The highest BCUT2D eigenvalue weighted by atomic mass is 32.1. The Hall–Kier alpha value is -3.11. The van der Waals surface area contributed by atoms with Crippen molar-refractivity contribution >= 4 is 29.5 Å². The number of benzene rings is 1. The maximum absolute atomic E-state index is 12.4. The molecular weight excluding hydrogens is 444 g/mol. The fourth-order valence-corrected chi connectivity index (χ4v) is 4.18. The van der Waals surface area contributed by atoms with Crippen LogP contribution in [-0.4, -0.2) is 37.4 Å². The minimum atomic E-state index is -0.0890. The number of nitrogens with one attached hydrogen (secondary N) is 2. The predicted molar refractivity (Wildman–Crippen MR) is 126 cm³/mol. The topological polar surface area (TPSA) is 102 Å². The maximum atomic E-state index is 12.4. The zero-order valence-electron chi connectivity index (χ0n) is 17.7. The van der Waals surface area contributed by atoms with E-state index in [2.05, 4.69) is 25.7 Å². The lowest BCUT2D eigenvalue weighted by Gasteiger charge is -2.08. The molecule has 32 heavy (non-hydrogen) atoms. The van der Waals surface area contributed by atoms with Gasteiger partial charge in [0.05, 0.1) is 4.88 Å². The lowest BCUT2D eigenvalue weighted by molar-refractivity contribution is -0.121. The summed E-state index contributed by atoms with van der Waals surface area (Å²) < 4.78 is 7.46. The molecule has 0 fully saturated rings. The number of nitrogens with zero attached hydrogens (tertiary/aromatic N) is 4. The Morgan fingerprint density at radius 1 is 1.25 bits per heavy atom. The molecule has 0 aliphatic carbocycles. The number of carbonyl (C=O) groups is 1. The third-order valence-electron chi connectivity index (χ3n) is 4.94. The molecule has 0 saturated carbocycles. The molecule has 3 aromatic heterocycles. The molecule has 4 aromatic rings. The number of thiophene rings is 1. The van der Waals surface area contributed by atoms with Gasteiger partial charge in [0.1, 0.15) is 6.54 Å². The molecule has 0 unspecified atom stereocenters. The second-order valence-corrected chi connectivity index (χ2v) is 8.79. The van der Waals surface area contributed by atoms with Crippen LogP contribution in [0.1, 0.15) is 30.7 Å². The zero-order chi connectivity index (χ0) is 22.3. The van der Waals surface area contributed by atoms with Crippen molar-refractivity contribution in [1.82, 2.24) is 30.2 Å². The number of aromatic amines is 1. The van der Waals surface area contributed by atoms with Gasteiger partial charge in [-0.25, -0.2) is 0 Å². The normalized spacial score (nSPS) is 11.0. The van der Waals surface area contributed by atoms with Crippen molar-refractivity contribution in [2.75, 3.05) is 6.54 Å². The molecule has 3 heterocycles.